The topological polar surface area (TPSA) is 37.3 Å². The number of carboxylic acid groups (broad SMARTS) is 1. The molecule has 0 radical (unpaired) electrons. The summed E-state index contributed by atoms with van der Waals surface area (Å²) in [6.07, 6.45) is 0. The molecule has 4 aromatic rings. The van der Waals surface area contributed by atoms with Crippen LogP contribution >= 0.6 is 11.8 Å². The van der Waals surface area contributed by atoms with Gasteiger partial charge in [-0.2, -0.15) is 0 Å². The Morgan fingerprint density at radius 1 is 0.808 bits per heavy atom. The number of carbonyl (C=O) groups is 1. The van der Waals surface area contributed by atoms with Gasteiger partial charge in [-0.05, 0) is 45.3 Å². The van der Waals surface area contributed by atoms with Gasteiger partial charge in [0.1, 0.15) is 0 Å². The predicted molar refractivity (Wildman–Crippen MR) is 109 cm³/mol. The van der Waals surface area contributed by atoms with Gasteiger partial charge in [-0.1, -0.05) is 79.0 Å². The minimum absolute atomic E-state index is 0.114. The van der Waals surface area contributed by atoms with E-state index in [1.807, 2.05) is 42.5 Å². The molecule has 2 nitrogen and oxygen atoms in total. The number of rotatable bonds is 4. The lowest BCUT2D eigenvalue weighted by atomic mass is 9.99. The second-order valence-corrected chi connectivity index (χ2v) is 7.17. The Labute approximate surface area is 155 Å². The van der Waals surface area contributed by atoms with Crippen LogP contribution in [0.2, 0.25) is 0 Å². The van der Waals surface area contributed by atoms with Crippen molar-refractivity contribution >= 4 is 44.8 Å². The minimum atomic E-state index is -0.995. The fraction of sp³-hybridized carbons (Fsp3) is 0. The Bertz CT molecular complexity index is 1160. The molecule has 4 rings (SSSR count). The predicted octanol–water partition coefficient (Wildman–Crippen LogP) is 6.24. The van der Waals surface area contributed by atoms with E-state index in [2.05, 4.69) is 43.0 Å². The molecule has 26 heavy (non-hydrogen) atoms. The first-order valence-electron chi connectivity index (χ1n) is 8.24. The minimum Gasteiger partial charge on any atom is -0.478 e. The van der Waals surface area contributed by atoms with Gasteiger partial charge in [-0.25, -0.2) is 4.79 Å². The Kier molecular flexibility index (Phi) is 4.23. The standard InChI is InChI=1S/C23H16O2S/c1-15(23(24)25)19-8-4-10-21-20(19)9-5-11-22(21)26-18-13-12-16-6-2-3-7-17(16)14-18/h2-14H,1H2,(H,24,25). The van der Waals surface area contributed by atoms with Crippen molar-refractivity contribution in [3.05, 3.63) is 91.0 Å². The third-order valence-electron chi connectivity index (χ3n) is 4.41. The summed E-state index contributed by atoms with van der Waals surface area (Å²) in [6.45, 7) is 3.72. The SMILES string of the molecule is C=C(C(=O)O)c1cccc2c(Sc3ccc4ccccc4c3)cccc12. The van der Waals surface area contributed by atoms with Gasteiger partial charge in [0.2, 0.25) is 0 Å². The van der Waals surface area contributed by atoms with Crippen molar-refractivity contribution in [2.75, 3.05) is 0 Å². The van der Waals surface area contributed by atoms with Crippen LogP contribution in [0.15, 0.2) is 95.2 Å². The quantitative estimate of drug-likeness (QED) is 0.440. The van der Waals surface area contributed by atoms with Gasteiger partial charge >= 0.3 is 5.97 Å². The van der Waals surface area contributed by atoms with Crippen molar-refractivity contribution in [1.82, 2.24) is 0 Å². The monoisotopic (exact) mass is 356 g/mol. The van der Waals surface area contributed by atoms with Crippen molar-refractivity contribution in [2.24, 2.45) is 0 Å². The third-order valence-corrected chi connectivity index (χ3v) is 5.48. The Morgan fingerprint density at radius 3 is 2.35 bits per heavy atom. The Hall–Kier alpha value is -3.04. The van der Waals surface area contributed by atoms with Crippen molar-refractivity contribution < 1.29 is 9.90 Å². The summed E-state index contributed by atoms with van der Waals surface area (Å²) in [7, 11) is 0. The van der Waals surface area contributed by atoms with E-state index in [4.69, 9.17) is 0 Å². The van der Waals surface area contributed by atoms with E-state index in [0.29, 0.717) is 5.56 Å². The van der Waals surface area contributed by atoms with E-state index in [-0.39, 0.29) is 5.57 Å². The van der Waals surface area contributed by atoms with Gasteiger partial charge in [0.05, 0.1) is 5.57 Å². The van der Waals surface area contributed by atoms with Gasteiger partial charge in [0.25, 0.3) is 0 Å². The molecule has 0 aliphatic rings. The van der Waals surface area contributed by atoms with Crippen LogP contribution in [-0.4, -0.2) is 11.1 Å². The number of benzene rings is 4. The van der Waals surface area contributed by atoms with Gasteiger partial charge in [0, 0.05) is 9.79 Å². The van der Waals surface area contributed by atoms with E-state index in [1.54, 1.807) is 11.8 Å². The van der Waals surface area contributed by atoms with E-state index in [9.17, 15) is 9.90 Å². The van der Waals surface area contributed by atoms with Crippen molar-refractivity contribution in [3.63, 3.8) is 0 Å². The fourth-order valence-electron chi connectivity index (χ4n) is 3.11. The summed E-state index contributed by atoms with van der Waals surface area (Å²) in [4.78, 5) is 13.6. The zero-order valence-corrected chi connectivity index (χ0v) is 14.8. The number of fused-ring (bicyclic) bond motifs is 2. The van der Waals surface area contributed by atoms with Gasteiger partial charge < -0.3 is 5.11 Å². The maximum Gasteiger partial charge on any atom is 0.335 e. The van der Waals surface area contributed by atoms with E-state index < -0.39 is 5.97 Å². The molecule has 0 heterocycles. The average Bonchev–Trinajstić information content (AvgIpc) is 2.67. The summed E-state index contributed by atoms with van der Waals surface area (Å²) in [6, 6.07) is 26.4. The van der Waals surface area contributed by atoms with E-state index >= 15 is 0 Å². The van der Waals surface area contributed by atoms with Crippen molar-refractivity contribution in [3.8, 4) is 0 Å². The highest BCUT2D eigenvalue weighted by molar-refractivity contribution is 7.99. The van der Waals surface area contributed by atoms with Crippen LogP contribution in [0.4, 0.5) is 0 Å². The summed E-state index contributed by atoms with van der Waals surface area (Å²) in [5.41, 5.74) is 0.777. The Balaban J connectivity index is 1.80. The lowest BCUT2D eigenvalue weighted by Gasteiger charge is -2.11. The number of carboxylic acids is 1. The molecule has 1 N–H and O–H groups in total. The molecular formula is C23H16O2S. The molecule has 3 heteroatoms. The molecule has 0 atom stereocenters. The molecule has 0 saturated heterocycles. The lowest BCUT2D eigenvalue weighted by Crippen LogP contribution is -1.98. The first-order chi connectivity index (χ1) is 12.6. The molecule has 0 saturated carbocycles. The number of hydrogen-bond donors (Lipinski definition) is 1. The van der Waals surface area contributed by atoms with Crippen LogP contribution in [0.3, 0.4) is 0 Å². The van der Waals surface area contributed by atoms with Crippen molar-refractivity contribution in [1.29, 1.82) is 0 Å². The Morgan fingerprint density at radius 2 is 1.54 bits per heavy atom. The zero-order chi connectivity index (χ0) is 18.1. The highest BCUT2D eigenvalue weighted by Gasteiger charge is 2.12. The molecule has 0 aromatic heterocycles. The van der Waals surface area contributed by atoms with E-state index in [1.165, 1.54) is 10.8 Å². The molecule has 0 amide bonds. The average molecular weight is 356 g/mol. The molecule has 4 aromatic carbocycles. The summed E-state index contributed by atoms with van der Waals surface area (Å²) < 4.78 is 0. The van der Waals surface area contributed by atoms with Crippen LogP contribution in [-0.2, 0) is 4.79 Å². The van der Waals surface area contributed by atoms with Crippen LogP contribution in [0.1, 0.15) is 5.56 Å². The molecule has 0 bridgehead atoms. The third kappa shape index (κ3) is 2.98. The highest BCUT2D eigenvalue weighted by atomic mass is 32.2. The molecule has 126 valence electrons. The molecule has 0 aliphatic heterocycles. The molecule has 0 unspecified atom stereocenters. The summed E-state index contributed by atoms with van der Waals surface area (Å²) in [5, 5.41) is 13.7. The zero-order valence-electron chi connectivity index (χ0n) is 14.0. The largest absolute Gasteiger partial charge is 0.478 e. The normalized spacial score (nSPS) is 10.9. The molecular weight excluding hydrogens is 340 g/mol. The second kappa shape index (κ2) is 6.70. The number of hydrogen-bond acceptors (Lipinski definition) is 2. The van der Waals surface area contributed by atoms with Gasteiger partial charge in [0.15, 0.2) is 0 Å². The summed E-state index contributed by atoms with van der Waals surface area (Å²) >= 11 is 1.68. The molecule has 0 fully saturated rings. The first-order valence-corrected chi connectivity index (χ1v) is 9.06. The van der Waals surface area contributed by atoms with Gasteiger partial charge in [-0.3, -0.25) is 0 Å². The van der Waals surface area contributed by atoms with Crippen LogP contribution in [0, 0.1) is 0 Å². The number of aliphatic carboxylic acids is 1. The lowest BCUT2D eigenvalue weighted by molar-refractivity contribution is -0.130. The smallest absolute Gasteiger partial charge is 0.335 e. The van der Waals surface area contributed by atoms with Crippen LogP contribution in [0.25, 0.3) is 27.1 Å². The maximum atomic E-state index is 11.3. The highest BCUT2D eigenvalue weighted by Crippen LogP contribution is 2.36. The summed E-state index contributed by atoms with van der Waals surface area (Å²) in [5.74, 6) is -0.995. The first kappa shape index (κ1) is 16.4. The molecule has 0 spiro atoms. The fourth-order valence-corrected chi connectivity index (χ4v) is 4.12. The van der Waals surface area contributed by atoms with Crippen molar-refractivity contribution in [2.45, 2.75) is 9.79 Å². The maximum absolute atomic E-state index is 11.3. The van der Waals surface area contributed by atoms with Crippen LogP contribution < -0.4 is 0 Å². The van der Waals surface area contributed by atoms with Crippen LogP contribution in [0.5, 0.6) is 0 Å². The van der Waals surface area contributed by atoms with Gasteiger partial charge in [-0.15, -0.1) is 0 Å². The second-order valence-electron chi connectivity index (χ2n) is 6.05. The van der Waals surface area contributed by atoms with E-state index in [0.717, 1.165) is 20.6 Å². The molecule has 0 aliphatic carbocycles.